The standard InChI is InChI=1S/C20H18N6O/c1-25-14-17(13-24-25)19-7-6-15(11-21-19)12-22-20(27)16-4-2-5-18(10-16)26-9-3-8-23-26/h2-11,13-14H,12H2,1H3,(H,22,27). The molecule has 1 amide bonds. The molecular formula is C20H18N6O. The molecule has 0 unspecified atom stereocenters. The Morgan fingerprint density at radius 1 is 1.11 bits per heavy atom. The summed E-state index contributed by atoms with van der Waals surface area (Å²) in [5.41, 5.74) is 4.17. The van der Waals surface area contributed by atoms with Gasteiger partial charge in [-0.1, -0.05) is 12.1 Å². The van der Waals surface area contributed by atoms with Gasteiger partial charge in [0.15, 0.2) is 0 Å². The van der Waals surface area contributed by atoms with E-state index in [1.165, 1.54) is 0 Å². The van der Waals surface area contributed by atoms with Gasteiger partial charge >= 0.3 is 0 Å². The Morgan fingerprint density at radius 3 is 2.74 bits per heavy atom. The second kappa shape index (κ2) is 7.25. The average Bonchev–Trinajstić information content (AvgIpc) is 3.39. The monoisotopic (exact) mass is 358 g/mol. The van der Waals surface area contributed by atoms with E-state index in [0.717, 1.165) is 22.5 Å². The topological polar surface area (TPSA) is 77.6 Å². The highest BCUT2D eigenvalue weighted by atomic mass is 16.1. The number of hydrogen-bond donors (Lipinski definition) is 1. The Bertz CT molecular complexity index is 1050. The van der Waals surface area contributed by atoms with E-state index in [4.69, 9.17) is 0 Å². The Labute approximate surface area is 156 Å². The lowest BCUT2D eigenvalue weighted by molar-refractivity contribution is 0.0951. The van der Waals surface area contributed by atoms with Crippen LogP contribution in [0.1, 0.15) is 15.9 Å². The molecule has 1 aromatic carbocycles. The normalized spacial score (nSPS) is 10.7. The van der Waals surface area contributed by atoms with Gasteiger partial charge in [-0.15, -0.1) is 0 Å². The van der Waals surface area contributed by atoms with Crippen molar-refractivity contribution in [1.29, 1.82) is 0 Å². The number of nitrogens with one attached hydrogen (secondary N) is 1. The van der Waals surface area contributed by atoms with Crippen LogP contribution in [0.15, 0.2) is 73.4 Å². The molecule has 27 heavy (non-hydrogen) atoms. The minimum atomic E-state index is -0.139. The van der Waals surface area contributed by atoms with E-state index in [1.807, 2.05) is 55.8 Å². The van der Waals surface area contributed by atoms with E-state index in [9.17, 15) is 4.79 Å². The Hall–Kier alpha value is -3.74. The van der Waals surface area contributed by atoms with Crippen LogP contribution in [0.2, 0.25) is 0 Å². The van der Waals surface area contributed by atoms with Crippen molar-refractivity contribution in [2.24, 2.45) is 7.05 Å². The first kappa shape index (κ1) is 16.7. The van der Waals surface area contributed by atoms with Crippen molar-refractivity contribution in [3.05, 3.63) is 84.6 Å². The van der Waals surface area contributed by atoms with Crippen LogP contribution >= 0.6 is 0 Å². The quantitative estimate of drug-likeness (QED) is 0.595. The fourth-order valence-electron chi connectivity index (χ4n) is 2.75. The van der Waals surface area contributed by atoms with Crippen molar-refractivity contribution in [3.63, 3.8) is 0 Å². The van der Waals surface area contributed by atoms with Crippen LogP contribution in [0.5, 0.6) is 0 Å². The molecule has 0 spiro atoms. The van der Waals surface area contributed by atoms with Crippen molar-refractivity contribution < 1.29 is 4.79 Å². The third kappa shape index (κ3) is 3.77. The number of benzene rings is 1. The highest BCUT2D eigenvalue weighted by Gasteiger charge is 2.08. The lowest BCUT2D eigenvalue weighted by Gasteiger charge is -2.08. The predicted octanol–water partition coefficient (Wildman–Crippen LogP) is 2.60. The van der Waals surface area contributed by atoms with Gasteiger partial charge in [0.1, 0.15) is 0 Å². The first-order valence-electron chi connectivity index (χ1n) is 8.51. The molecule has 0 aliphatic rings. The van der Waals surface area contributed by atoms with Gasteiger partial charge in [-0.25, -0.2) is 4.68 Å². The zero-order valence-corrected chi connectivity index (χ0v) is 14.8. The van der Waals surface area contributed by atoms with Crippen molar-refractivity contribution in [2.75, 3.05) is 0 Å². The zero-order valence-electron chi connectivity index (χ0n) is 14.8. The van der Waals surface area contributed by atoms with Crippen LogP contribution in [0.25, 0.3) is 16.9 Å². The van der Waals surface area contributed by atoms with Crippen LogP contribution in [-0.2, 0) is 13.6 Å². The maximum atomic E-state index is 12.5. The van der Waals surface area contributed by atoms with Gasteiger partial charge in [0.05, 0.1) is 17.6 Å². The van der Waals surface area contributed by atoms with Gasteiger partial charge in [-0.3, -0.25) is 14.5 Å². The number of pyridine rings is 1. The number of carbonyl (C=O) groups is 1. The number of amides is 1. The van der Waals surface area contributed by atoms with E-state index in [-0.39, 0.29) is 5.91 Å². The first-order valence-corrected chi connectivity index (χ1v) is 8.51. The Balaban J connectivity index is 1.41. The lowest BCUT2D eigenvalue weighted by Crippen LogP contribution is -2.23. The van der Waals surface area contributed by atoms with Crippen LogP contribution in [0, 0.1) is 0 Å². The number of aromatic nitrogens is 5. The van der Waals surface area contributed by atoms with Crippen LogP contribution in [-0.4, -0.2) is 30.5 Å². The SMILES string of the molecule is Cn1cc(-c2ccc(CNC(=O)c3cccc(-n4cccn4)c3)cn2)cn1. The van der Waals surface area contributed by atoms with Gasteiger partial charge in [-0.2, -0.15) is 10.2 Å². The molecule has 4 rings (SSSR count). The van der Waals surface area contributed by atoms with Gasteiger partial charge in [-0.05, 0) is 35.9 Å². The van der Waals surface area contributed by atoms with E-state index >= 15 is 0 Å². The third-order valence-electron chi connectivity index (χ3n) is 4.16. The molecule has 0 aliphatic carbocycles. The summed E-state index contributed by atoms with van der Waals surface area (Å²) in [5, 5.41) is 11.3. The fourth-order valence-corrected chi connectivity index (χ4v) is 2.75. The second-order valence-corrected chi connectivity index (χ2v) is 6.14. The summed E-state index contributed by atoms with van der Waals surface area (Å²) in [6.45, 7) is 0.408. The summed E-state index contributed by atoms with van der Waals surface area (Å²) in [6, 6.07) is 13.1. The lowest BCUT2D eigenvalue weighted by atomic mass is 10.1. The van der Waals surface area contributed by atoms with Crippen LogP contribution in [0.4, 0.5) is 0 Å². The molecule has 134 valence electrons. The maximum Gasteiger partial charge on any atom is 0.251 e. The summed E-state index contributed by atoms with van der Waals surface area (Å²) < 4.78 is 3.46. The molecule has 0 fully saturated rings. The van der Waals surface area contributed by atoms with Crippen molar-refractivity contribution in [2.45, 2.75) is 6.54 Å². The predicted molar refractivity (Wildman–Crippen MR) is 101 cm³/mol. The largest absolute Gasteiger partial charge is 0.348 e. The molecule has 0 saturated carbocycles. The molecule has 0 saturated heterocycles. The third-order valence-corrected chi connectivity index (χ3v) is 4.16. The zero-order chi connectivity index (χ0) is 18.6. The van der Waals surface area contributed by atoms with E-state index in [0.29, 0.717) is 12.1 Å². The minimum Gasteiger partial charge on any atom is -0.348 e. The summed E-state index contributed by atoms with van der Waals surface area (Å²) >= 11 is 0. The summed E-state index contributed by atoms with van der Waals surface area (Å²) in [5.74, 6) is -0.139. The molecule has 0 bridgehead atoms. The average molecular weight is 358 g/mol. The van der Waals surface area contributed by atoms with Crippen LogP contribution in [0.3, 0.4) is 0 Å². The van der Waals surface area contributed by atoms with Gasteiger partial charge in [0.25, 0.3) is 5.91 Å². The molecule has 0 atom stereocenters. The highest BCUT2D eigenvalue weighted by molar-refractivity contribution is 5.94. The summed E-state index contributed by atoms with van der Waals surface area (Å²) in [6.07, 6.45) is 9.00. The van der Waals surface area contributed by atoms with E-state index in [1.54, 1.807) is 34.0 Å². The maximum absolute atomic E-state index is 12.5. The first-order chi connectivity index (χ1) is 13.2. The smallest absolute Gasteiger partial charge is 0.251 e. The minimum absolute atomic E-state index is 0.139. The second-order valence-electron chi connectivity index (χ2n) is 6.14. The number of nitrogens with zero attached hydrogens (tertiary/aromatic N) is 5. The van der Waals surface area contributed by atoms with E-state index in [2.05, 4.69) is 20.5 Å². The number of carbonyl (C=O) groups excluding carboxylic acids is 1. The molecule has 7 heteroatoms. The molecule has 0 aliphatic heterocycles. The number of rotatable bonds is 5. The van der Waals surface area contributed by atoms with Crippen molar-refractivity contribution in [3.8, 4) is 16.9 Å². The van der Waals surface area contributed by atoms with Gasteiger partial charge in [0.2, 0.25) is 0 Å². The van der Waals surface area contributed by atoms with Gasteiger partial charge < -0.3 is 5.32 Å². The van der Waals surface area contributed by atoms with E-state index < -0.39 is 0 Å². The molecular weight excluding hydrogens is 340 g/mol. The molecule has 1 N–H and O–H groups in total. The summed E-state index contributed by atoms with van der Waals surface area (Å²) in [4.78, 5) is 16.9. The van der Waals surface area contributed by atoms with Crippen LogP contribution < -0.4 is 5.32 Å². The number of aryl methyl sites for hydroxylation is 1. The summed E-state index contributed by atoms with van der Waals surface area (Å²) in [7, 11) is 1.87. The molecule has 0 radical (unpaired) electrons. The molecule has 7 nitrogen and oxygen atoms in total. The Kier molecular flexibility index (Phi) is 4.49. The Morgan fingerprint density at radius 2 is 2.04 bits per heavy atom. The molecule has 3 aromatic heterocycles. The van der Waals surface area contributed by atoms with Crippen molar-refractivity contribution in [1.82, 2.24) is 29.9 Å². The molecule has 3 heterocycles. The highest BCUT2D eigenvalue weighted by Crippen LogP contribution is 2.15. The number of hydrogen-bond acceptors (Lipinski definition) is 4. The van der Waals surface area contributed by atoms with Gasteiger partial charge in [0, 0.05) is 49.5 Å². The molecule has 4 aromatic rings. The van der Waals surface area contributed by atoms with Crippen molar-refractivity contribution >= 4 is 5.91 Å². The fraction of sp³-hybridized carbons (Fsp3) is 0.100.